The zero-order valence-electron chi connectivity index (χ0n) is 15.9. The third-order valence-electron chi connectivity index (χ3n) is 6.03. The fourth-order valence-corrected chi connectivity index (χ4v) is 4.49. The van der Waals surface area contributed by atoms with Crippen molar-refractivity contribution in [1.29, 1.82) is 0 Å². The Morgan fingerprint density at radius 2 is 1.86 bits per heavy atom. The summed E-state index contributed by atoms with van der Waals surface area (Å²) in [6.07, 6.45) is -0.251. The van der Waals surface area contributed by atoms with E-state index in [2.05, 4.69) is 0 Å². The summed E-state index contributed by atoms with van der Waals surface area (Å²) in [5, 5.41) is 31.8. The molecular weight excluding hydrogens is 376 g/mol. The van der Waals surface area contributed by atoms with Crippen LogP contribution in [0.2, 0.25) is 0 Å². The second-order valence-electron chi connectivity index (χ2n) is 7.44. The smallest absolute Gasteiger partial charge is 0.315 e. The molecule has 0 saturated carbocycles. The molecule has 2 aromatic rings. The number of benzene rings is 2. The average Bonchev–Trinajstić information content (AvgIpc) is 2.70. The number of ether oxygens (including phenoxy) is 1. The molecule has 0 bridgehead atoms. The maximum Gasteiger partial charge on any atom is 0.315 e. The van der Waals surface area contributed by atoms with Crippen molar-refractivity contribution in [2.24, 2.45) is 5.92 Å². The molecule has 0 spiro atoms. The number of hydrogen-bond donors (Lipinski definition) is 3. The van der Waals surface area contributed by atoms with Gasteiger partial charge in [-0.2, -0.15) is 0 Å². The van der Waals surface area contributed by atoms with Gasteiger partial charge in [-0.1, -0.05) is 25.5 Å². The van der Waals surface area contributed by atoms with Gasteiger partial charge in [0.2, 0.25) is 5.78 Å². The number of phenols is 2. The molecule has 0 aliphatic heterocycles. The number of carbonyl (C=O) groups is 3. The Hall–Kier alpha value is -3.19. The second-order valence-corrected chi connectivity index (χ2v) is 7.44. The normalized spacial score (nSPS) is 22.5. The van der Waals surface area contributed by atoms with Crippen molar-refractivity contribution in [2.75, 3.05) is 7.11 Å². The van der Waals surface area contributed by atoms with Gasteiger partial charge in [0.05, 0.1) is 24.3 Å². The third-order valence-corrected chi connectivity index (χ3v) is 6.03. The van der Waals surface area contributed by atoms with Crippen LogP contribution in [-0.4, -0.2) is 46.1 Å². The number of methoxy groups -OCH3 is 1. The molecule has 0 aromatic heterocycles. The van der Waals surface area contributed by atoms with Crippen LogP contribution in [0.5, 0.6) is 11.5 Å². The van der Waals surface area contributed by atoms with E-state index >= 15 is 0 Å². The number of ketones is 2. The summed E-state index contributed by atoms with van der Waals surface area (Å²) in [6.45, 7) is 1.85. The van der Waals surface area contributed by atoms with E-state index in [9.17, 15) is 29.7 Å². The molecule has 0 fully saturated rings. The summed E-state index contributed by atoms with van der Waals surface area (Å²) < 4.78 is 4.85. The van der Waals surface area contributed by atoms with Crippen LogP contribution < -0.4 is 0 Å². The molecule has 150 valence electrons. The van der Waals surface area contributed by atoms with Crippen LogP contribution in [0.4, 0.5) is 0 Å². The Labute approximate surface area is 166 Å². The molecule has 7 heteroatoms. The van der Waals surface area contributed by atoms with E-state index in [1.54, 1.807) is 0 Å². The Bertz CT molecular complexity index is 1070. The Morgan fingerprint density at radius 3 is 2.52 bits per heavy atom. The number of fused-ring (bicyclic) bond motifs is 3. The first-order chi connectivity index (χ1) is 13.8. The second kappa shape index (κ2) is 6.70. The van der Waals surface area contributed by atoms with Crippen molar-refractivity contribution >= 4 is 17.5 Å². The number of aliphatic hydroxyl groups is 1. The van der Waals surface area contributed by atoms with Gasteiger partial charge in [-0.3, -0.25) is 14.4 Å². The minimum atomic E-state index is -1.07. The van der Waals surface area contributed by atoms with Gasteiger partial charge in [-0.05, 0) is 35.6 Å². The molecule has 7 nitrogen and oxygen atoms in total. The maximum absolute atomic E-state index is 13.1. The van der Waals surface area contributed by atoms with Crippen LogP contribution in [0.3, 0.4) is 0 Å². The van der Waals surface area contributed by atoms with Crippen molar-refractivity contribution in [1.82, 2.24) is 0 Å². The summed E-state index contributed by atoms with van der Waals surface area (Å²) in [6, 6.07) is 5.58. The van der Waals surface area contributed by atoms with Gasteiger partial charge >= 0.3 is 5.97 Å². The minimum Gasteiger partial charge on any atom is -0.507 e. The van der Waals surface area contributed by atoms with E-state index in [4.69, 9.17) is 4.74 Å². The maximum atomic E-state index is 13.1. The molecule has 0 heterocycles. The van der Waals surface area contributed by atoms with Gasteiger partial charge in [0, 0.05) is 11.1 Å². The molecule has 3 N–H and O–H groups in total. The molecule has 2 aliphatic rings. The van der Waals surface area contributed by atoms with E-state index in [0.717, 1.165) is 0 Å². The summed E-state index contributed by atoms with van der Waals surface area (Å²) in [5.41, 5.74) is 0.274. The highest BCUT2D eigenvalue weighted by Gasteiger charge is 2.44. The van der Waals surface area contributed by atoms with Gasteiger partial charge in [-0.25, -0.2) is 0 Å². The molecular formula is C22H20O7. The van der Waals surface area contributed by atoms with Crippen LogP contribution in [0.1, 0.15) is 62.2 Å². The van der Waals surface area contributed by atoms with Crippen molar-refractivity contribution in [2.45, 2.75) is 31.8 Å². The summed E-state index contributed by atoms with van der Waals surface area (Å²) in [7, 11) is 1.20. The lowest BCUT2D eigenvalue weighted by molar-refractivity contribution is -0.146. The van der Waals surface area contributed by atoms with Gasteiger partial charge in [0.25, 0.3) is 0 Å². The van der Waals surface area contributed by atoms with E-state index in [1.807, 2.05) is 6.92 Å². The number of aromatic hydroxyl groups is 2. The molecule has 0 saturated heterocycles. The largest absolute Gasteiger partial charge is 0.507 e. The minimum absolute atomic E-state index is 0.0271. The van der Waals surface area contributed by atoms with Crippen molar-refractivity contribution in [3.63, 3.8) is 0 Å². The summed E-state index contributed by atoms with van der Waals surface area (Å²) in [4.78, 5) is 38.5. The van der Waals surface area contributed by atoms with Crippen molar-refractivity contribution in [3.05, 3.63) is 57.6 Å². The van der Waals surface area contributed by atoms with E-state index < -0.39 is 29.6 Å². The SMILES string of the molecule is CCC1Cc2c(cc3c(c2O)C(=O)c2c(O)cccc2C3=O)C(C(=O)OC)[C@H]1O. The van der Waals surface area contributed by atoms with E-state index in [1.165, 1.54) is 31.4 Å². The lowest BCUT2D eigenvalue weighted by atomic mass is 9.70. The van der Waals surface area contributed by atoms with Crippen molar-refractivity contribution in [3.8, 4) is 11.5 Å². The fourth-order valence-electron chi connectivity index (χ4n) is 4.49. The topological polar surface area (TPSA) is 121 Å². The third kappa shape index (κ3) is 2.57. The molecule has 4 rings (SSSR count). The molecule has 0 amide bonds. The lowest BCUT2D eigenvalue weighted by Crippen LogP contribution is -2.39. The van der Waals surface area contributed by atoms with Crippen LogP contribution in [0, 0.1) is 5.92 Å². The zero-order valence-corrected chi connectivity index (χ0v) is 15.9. The fraction of sp³-hybridized carbons (Fsp3) is 0.318. The van der Waals surface area contributed by atoms with Gasteiger partial charge in [0.15, 0.2) is 5.78 Å². The molecule has 3 atom stereocenters. The Morgan fingerprint density at radius 1 is 1.14 bits per heavy atom. The Balaban J connectivity index is 2.00. The van der Waals surface area contributed by atoms with Crippen LogP contribution in [0.15, 0.2) is 24.3 Å². The van der Waals surface area contributed by atoms with Crippen LogP contribution in [-0.2, 0) is 16.0 Å². The zero-order chi connectivity index (χ0) is 21.0. The first-order valence-corrected chi connectivity index (χ1v) is 9.37. The van der Waals surface area contributed by atoms with Crippen LogP contribution in [0.25, 0.3) is 0 Å². The first kappa shape index (κ1) is 19.1. The van der Waals surface area contributed by atoms with E-state index in [-0.39, 0.29) is 51.7 Å². The molecule has 29 heavy (non-hydrogen) atoms. The first-order valence-electron chi connectivity index (χ1n) is 9.37. The van der Waals surface area contributed by atoms with Gasteiger partial charge in [0.1, 0.15) is 17.4 Å². The number of hydrogen-bond acceptors (Lipinski definition) is 7. The monoisotopic (exact) mass is 396 g/mol. The molecule has 2 unspecified atom stereocenters. The predicted molar refractivity (Wildman–Crippen MR) is 101 cm³/mol. The van der Waals surface area contributed by atoms with Crippen molar-refractivity contribution < 1.29 is 34.4 Å². The highest BCUT2D eigenvalue weighted by Crippen LogP contribution is 2.46. The number of carbonyl (C=O) groups excluding carboxylic acids is 3. The summed E-state index contributed by atoms with van der Waals surface area (Å²) in [5.74, 6) is -3.99. The number of aliphatic hydroxyl groups excluding tert-OH is 1. The predicted octanol–water partition coefficient (Wildman–Crippen LogP) is 2.07. The molecule has 0 radical (unpaired) electrons. The lowest BCUT2D eigenvalue weighted by Gasteiger charge is -2.36. The average molecular weight is 396 g/mol. The van der Waals surface area contributed by atoms with Gasteiger partial charge in [-0.15, -0.1) is 0 Å². The number of phenolic OH excluding ortho intramolecular Hbond substituents is 2. The standard InChI is InChI=1S/C22H20O7/c1-3-9-7-12-11(17(18(9)24)22(28)29-2)8-13-16(20(12)26)21(27)15-10(19(13)25)5-4-6-14(15)23/h4-6,8-9,17-18,23-24,26H,3,7H2,1-2H3/t9?,17?,18-/m0/s1. The highest BCUT2D eigenvalue weighted by atomic mass is 16.5. The number of esters is 1. The summed E-state index contributed by atoms with van der Waals surface area (Å²) >= 11 is 0. The van der Waals surface area contributed by atoms with Crippen LogP contribution >= 0.6 is 0 Å². The molecule has 2 aliphatic carbocycles. The van der Waals surface area contributed by atoms with E-state index in [0.29, 0.717) is 12.0 Å². The Kier molecular flexibility index (Phi) is 4.42. The van der Waals surface area contributed by atoms with Gasteiger partial charge < -0.3 is 20.1 Å². The quantitative estimate of drug-likeness (QED) is 0.567. The number of rotatable bonds is 2. The highest BCUT2D eigenvalue weighted by molar-refractivity contribution is 6.30. The molecule has 2 aromatic carbocycles.